The molecule has 0 aromatic rings. The van der Waals surface area contributed by atoms with Gasteiger partial charge in [0, 0.05) is 19.7 Å². The molecule has 112 valence electrons. The summed E-state index contributed by atoms with van der Waals surface area (Å²) < 4.78 is 0. The lowest BCUT2D eigenvalue weighted by Crippen LogP contribution is -2.31. The quantitative estimate of drug-likeness (QED) is 0.354. The highest BCUT2D eigenvalue weighted by molar-refractivity contribution is 5.87. The smallest absolute Gasteiger partial charge is 0.243 e. The van der Waals surface area contributed by atoms with Crippen LogP contribution < -0.4 is 10.6 Å². The third-order valence-electron chi connectivity index (χ3n) is 2.87. The minimum absolute atomic E-state index is 0.00691. The summed E-state index contributed by atoms with van der Waals surface area (Å²) in [6, 6.07) is 0. The number of hydrogen-bond acceptors (Lipinski definition) is 3. The van der Waals surface area contributed by atoms with Crippen molar-refractivity contribution in [1.29, 1.82) is 0 Å². The van der Waals surface area contributed by atoms with Gasteiger partial charge in [-0.3, -0.25) is 4.79 Å². The zero-order valence-electron chi connectivity index (χ0n) is 12.3. The predicted molar refractivity (Wildman–Crippen MR) is 80.1 cm³/mol. The number of amides is 1. The zero-order valence-corrected chi connectivity index (χ0v) is 12.3. The van der Waals surface area contributed by atoms with Crippen LogP contribution in [0.4, 0.5) is 0 Å². The van der Waals surface area contributed by atoms with E-state index in [1.807, 2.05) is 13.0 Å². The van der Waals surface area contributed by atoms with Gasteiger partial charge >= 0.3 is 0 Å². The Morgan fingerprint density at radius 3 is 2.37 bits per heavy atom. The molecule has 0 aliphatic heterocycles. The maximum absolute atomic E-state index is 11.2. The highest BCUT2D eigenvalue weighted by atomic mass is 16.2. The van der Waals surface area contributed by atoms with Gasteiger partial charge in [-0.15, -0.1) is 0 Å². The van der Waals surface area contributed by atoms with Crippen LogP contribution in [0.1, 0.15) is 51.9 Å². The Labute approximate surface area is 117 Å². The van der Waals surface area contributed by atoms with Crippen LogP contribution in [-0.2, 0) is 4.79 Å². The van der Waals surface area contributed by atoms with E-state index in [1.165, 1.54) is 25.7 Å². The molecule has 0 aromatic carbocycles. The number of carbonyl (C=O) groups is 1. The minimum Gasteiger partial charge on any atom is -0.396 e. The third-order valence-corrected chi connectivity index (χ3v) is 2.87. The molecule has 0 heterocycles. The van der Waals surface area contributed by atoms with Crippen LogP contribution >= 0.6 is 0 Å². The first-order valence-electron chi connectivity index (χ1n) is 7.57. The number of allylic oxidation sites excluding steroid dienone is 1. The molecule has 4 nitrogen and oxygen atoms in total. The maximum atomic E-state index is 11.2. The number of aliphatic hydroxyl groups is 1. The molecule has 0 fully saturated rings. The van der Waals surface area contributed by atoms with Crippen LogP contribution in [0.25, 0.3) is 0 Å². The van der Waals surface area contributed by atoms with Gasteiger partial charge in [-0.1, -0.05) is 38.7 Å². The van der Waals surface area contributed by atoms with Crippen molar-refractivity contribution >= 4 is 5.91 Å². The highest BCUT2D eigenvalue weighted by Gasteiger charge is 1.94. The first-order chi connectivity index (χ1) is 9.31. The minimum atomic E-state index is -0.00691. The number of unbranched alkanes of at least 4 members (excludes halogenated alkanes) is 5. The fraction of sp³-hybridized carbons (Fsp3) is 0.800. The molecule has 19 heavy (non-hydrogen) atoms. The third kappa shape index (κ3) is 15.1. The first kappa shape index (κ1) is 18.1. The summed E-state index contributed by atoms with van der Waals surface area (Å²) >= 11 is 0. The molecule has 0 saturated carbocycles. The van der Waals surface area contributed by atoms with Crippen LogP contribution in [-0.4, -0.2) is 37.3 Å². The van der Waals surface area contributed by atoms with Crippen LogP contribution in [0.2, 0.25) is 0 Å². The molecule has 0 aliphatic carbocycles. The molecule has 0 atom stereocenters. The summed E-state index contributed by atoms with van der Waals surface area (Å²) in [5.74, 6) is -0.00691. The number of hydrogen-bond donors (Lipinski definition) is 3. The molecular formula is C15H30N2O2. The Morgan fingerprint density at radius 1 is 1.00 bits per heavy atom. The van der Waals surface area contributed by atoms with Crippen molar-refractivity contribution in [3.05, 3.63) is 12.2 Å². The molecule has 0 radical (unpaired) electrons. The van der Waals surface area contributed by atoms with Gasteiger partial charge in [0.2, 0.25) is 5.91 Å². The molecule has 0 aromatic heterocycles. The van der Waals surface area contributed by atoms with Gasteiger partial charge in [-0.25, -0.2) is 0 Å². The van der Waals surface area contributed by atoms with E-state index in [-0.39, 0.29) is 5.91 Å². The van der Waals surface area contributed by atoms with Crippen molar-refractivity contribution < 1.29 is 9.90 Å². The summed E-state index contributed by atoms with van der Waals surface area (Å²) in [6.45, 7) is 4.86. The molecule has 0 spiro atoms. The fourth-order valence-electron chi connectivity index (χ4n) is 1.75. The Bertz CT molecular complexity index is 230. The average molecular weight is 270 g/mol. The SMILES string of the molecule is CC/C=C/C(=O)NCCNCCCCCCCCO. The largest absolute Gasteiger partial charge is 0.396 e. The van der Waals surface area contributed by atoms with Crippen molar-refractivity contribution in [2.45, 2.75) is 51.9 Å². The van der Waals surface area contributed by atoms with E-state index in [1.54, 1.807) is 6.08 Å². The zero-order chi connectivity index (χ0) is 14.2. The topological polar surface area (TPSA) is 61.4 Å². The summed E-state index contributed by atoms with van der Waals surface area (Å²) in [5.41, 5.74) is 0. The van der Waals surface area contributed by atoms with Crippen molar-refractivity contribution in [2.24, 2.45) is 0 Å². The molecule has 3 N–H and O–H groups in total. The molecule has 0 aliphatic rings. The van der Waals surface area contributed by atoms with Crippen molar-refractivity contribution in [2.75, 3.05) is 26.2 Å². The lowest BCUT2D eigenvalue weighted by molar-refractivity contribution is -0.116. The fourth-order valence-corrected chi connectivity index (χ4v) is 1.75. The second-order valence-electron chi connectivity index (χ2n) is 4.70. The van der Waals surface area contributed by atoms with Crippen LogP contribution in [0.3, 0.4) is 0 Å². The van der Waals surface area contributed by atoms with Crippen molar-refractivity contribution in [3.63, 3.8) is 0 Å². The van der Waals surface area contributed by atoms with E-state index in [0.29, 0.717) is 13.2 Å². The summed E-state index contributed by atoms with van der Waals surface area (Å²) in [4.78, 5) is 11.2. The van der Waals surface area contributed by atoms with Gasteiger partial charge in [0.15, 0.2) is 0 Å². The molecule has 4 heteroatoms. The van der Waals surface area contributed by atoms with E-state index in [4.69, 9.17) is 5.11 Å². The van der Waals surface area contributed by atoms with Gasteiger partial charge in [-0.05, 0) is 31.9 Å². The Balaban J connectivity index is 3.10. The molecule has 0 unspecified atom stereocenters. The maximum Gasteiger partial charge on any atom is 0.243 e. The summed E-state index contributed by atoms with van der Waals surface area (Å²) in [7, 11) is 0. The standard InChI is InChI=1S/C15H30N2O2/c1-2-3-10-15(19)17-13-12-16-11-8-6-4-5-7-9-14-18/h3,10,16,18H,2,4-9,11-14H2,1H3,(H,17,19)/b10-3+. The first-order valence-corrected chi connectivity index (χ1v) is 7.57. The second-order valence-corrected chi connectivity index (χ2v) is 4.70. The summed E-state index contributed by atoms with van der Waals surface area (Å²) in [5, 5.41) is 14.8. The van der Waals surface area contributed by atoms with E-state index < -0.39 is 0 Å². The van der Waals surface area contributed by atoms with Gasteiger partial charge in [0.25, 0.3) is 0 Å². The van der Waals surface area contributed by atoms with Crippen molar-refractivity contribution in [1.82, 2.24) is 10.6 Å². The normalized spacial score (nSPS) is 11.1. The second kappa shape index (κ2) is 15.2. The van der Waals surface area contributed by atoms with Gasteiger partial charge in [-0.2, -0.15) is 0 Å². The molecule has 0 rings (SSSR count). The van der Waals surface area contributed by atoms with Gasteiger partial charge in [0.05, 0.1) is 0 Å². The predicted octanol–water partition coefficient (Wildman–Crippen LogP) is 1.99. The molecule has 0 bridgehead atoms. The highest BCUT2D eigenvalue weighted by Crippen LogP contribution is 2.04. The van der Waals surface area contributed by atoms with Crippen LogP contribution in [0, 0.1) is 0 Å². The number of nitrogens with one attached hydrogen (secondary N) is 2. The number of aliphatic hydroxyl groups excluding tert-OH is 1. The van der Waals surface area contributed by atoms with E-state index in [9.17, 15) is 4.79 Å². The Morgan fingerprint density at radius 2 is 1.68 bits per heavy atom. The number of carbonyl (C=O) groups excluding carboxylic acids is 1. The summed E-state index contributed by atoms with van der Waals surface area (Å²) in [6.07, 6.45) is 11.3. The van der Waals surface area contributed by atoms with E-state index >= 15 is 0 Å². The molecule has 0 saturated heterocycles. The molecule has 1 amide bonds. The van der Waals surface area contributed by atoms with Gasteiger partial charge < -0.3 is 15.7 Å². The van der Waals surface area contributed by atoms with Gasteiger partial charge in [0.1, 0.15) is 0 Å². The van der Waals surface area contributed by atoms with E-state index in [2.05, 4.69) is 10.6 Å². The van der Waals surface area contributed by atoms with Crippen LogP contribution in [0.5, 0.6) is 0 Å². The average Bonchev–Trinajstić information content (AvgIpc) is 2.42. The monoisotopic (exact) mass is 270 g/mol. The Kier molecular flexibility index (Phi) is 14.5. The van der Waals surface area contributed by atoms with E-state index in [0.717, 1.165) is 32.4 Å². The van der Waals surface area contributed by atoms with Crippen molar-refractivity contribution in [3.8, 4) is 0 Å². The lowest BCUT2D eigenvalue weighted by atomic mass is 10.1. The number of rotatable bonds is 13. The lowest BCUT2D eigenvalue weighted by Gasteiger charge is -2.05. The Hall–Kier alpha value is -0.870. The molecular weight excluding hydrogens is 240 g/mol. The van der Waals surface area contributed by atoms with Crippen LogP contribution in [0.15, 0.2) is 12.2 Å².